The van der Waals surface area contributed by atoms with Crippen molar-refractivity contribution in [3.8, 4) is 11.5 Å². The predicted octanol–water partition coefficient (Wildman–Crippen LogP) is 3.61. The van der Waals surface area contributed by atoms with Crippen LogP contribution in [0.1, 0.15) is 36.1 Å². The molecule has 33 heavy (non-hydrogen) atoms. The average molecular weight is 457 g/mol. The van der Waals surface area contributed by atoms with Crippen molar-refractivity contribution in [1.29, 1.82) is 0 Å². The largest absolute Gasteiger partial charge is 0.507 e. The van der Waals surface area contributed by atoms with Crippen LogP contribution in [0.4, 0.5) is 4.39 Å². The van der Waals surface area contributed by atoms with E-state index in [0.717, 1.165) is 6.07 Å². The third kappa shape index (κ3) is 5.01. The number of phenolic OH excluding ortho intramolecular Hbond substituents is 1. The Morgan fingerprint density at radius 3 is 2.55 bits per heavy atom. The molecule has 2 aromatic carbocycles. The molecule has 1 fully saturated rings. The molecule has 0 radical (unpaired) electrons. The number of phenols is 1. The topological polar surface area (TPSA) is 90.3 Å². The van der Waals surface area contributed by atoms with Crippen molar-refractivity contribution in [3.63, 3.8) is 0 Å². The molecule has 1 unspecified atom stereocenters. The predicted molar refractivity (Wildman–Crippen MR) is 123 cm³/mol. The minimum Gasteiger partial charge on any atom is -0.507 e. The highest BCUT2D eigenvalue weighted by Gasteiger charge is 2.46. The Kier molecular flexibility index (Phi) is 7.38. The zero-order valence-electron chi connectivity index (χ0n) is 19.3. The van der Waals surface area contributed by atoms with Gasteiger partial charge in [0.1, 0.15) is 11.6 Å². The summed E-state index contributed by atoms with van der Waals surface area (Å²) < 4.78 is 19.7. The van der Waals surface area contributed by atoms with E-state index in [4.69, 9.17) is 4.74 Å². The lowest BCUT2D eigenvalue weighted by Gasteiger charge is -2.26. The first-order chi connectivity index (χ1) is 15.6. The molecule has 8 heteroatoms. The molecule has 1 amide bonds. The van der Waals surface area contributed by atoms with Gasteiger partial charge in [0.25, 0.3) is 11.7 Å². The highest BCUT2D eigenvalue weighted by atomic mass is 19.1. The van der Waals surface area contributed by atoms with Gasteiger partial charge >= 0.3 is 0 Å². The van der Waals surface area contributed by atoms with Gasteiger partial charge in [-0.05, 0) is 70.2 Å². The van der Waals surface area contributed by atoms with E-state index < -0.39 is 29.3 Å². The van der Waals surface area contributed by atoms with Gasteiger partial charge in [0.05, 0.1) is 18.2 Å². The van der Waals surface area contributed by atoms with Crippen LogP contribution in [0.25, 0.3) is 5.76 Å². The lowest BCUT2D eigenvalue weighted by Crippen LogP contribution is -2.32. The van der Waals surface area contributed by atoms with Gasteiger partial charge in [0.15, 0.2) is 11.5 Å². The van der Waals surface area contributed by atoms with E-state index in [9.17, 15) is 24.2 Å². The second kappa shape index (κ2) is 10.0. The Labute approximate surface area is 192 Å². The molecule has 1 saturated heterocycles. The number of aliphatic hydroxyl groups is 1. The third-order valence-corrected chi connectivity index (χ3v) is 5.59. The van der Waals surface area contributed by atoms with Crippen LogP contribution in [-0.2, 0) is 9.59 Å². The number of aryl methyl sites for hydroxylation is 1. The van der Waals surface area contributed by atoms with E-state index >= 15 is 0 Å². The molecule has 176 valence electrons. The number of Topliss-reactive ketones (excluding diaryl/α,β-unsaturated/α-hetero) is 1. The van der Waals surface area contributed by atoms with Gasteiger partial charge in [-0.3, -0.25) is 9.59 Å². The number of hydrogen-bond donors (Lipinski definition) is 2. The van der Waals surface area contributed by atoms with Gasteiger partial charge in [-0.15, -0.1) is 0 Å². The highest BCUT2D eigenvalue weighted by Crippen LogP contribution is 2.42. The minimum atomic E-state index is -0.906. The van der Waals surface area contributed by atoms with Gasteiger partial charge in [0, 0.05) is 12.1 Å². The molecule has 0 saturated carbocycles. The first kappa shape index (κ1) is 24.3. The van der Waals surface area contributed by atoms with Crippen LogP contribution in [0, 0.1) is 12.7 Å². The molecule has 1 aliphatic heterocycles. The Hall–Kier alpha value is -3.39. The van der Waals surface area contributed by atoms with E-state index in [1.165, 1.54) is 23.1 Å². The number of amides is 1. The Balaban J connectivity index is 2.15. The van der Waals surface area contributed by atoms with Crippen LogP contribution in [0.2, 0.25) is 0 Å². The van der Waals surface area contributed by atoms with Gasteiger partial charge < -0.3 is 24.7 Å². The number of carbonyl (C=O) groups is 2. The van der Waals surface area contributed by atoms with E-state index in [1.54, 1.807) is 26.0 Å². The molecule has 0 aliphatic carbocycles. The normalized spacial score (nSPS) is 17.8. The van der Waals surface area contributed by atoms with E-state index in [1.807, 2.05) is 19.0 Å². The van der Waals surface area contributed by atoms with Gasteiger partial charge in [0.2, 0.25) is 0 Å². The summed E-state index contributed by atoms with van der Waals surface area (Å²) in [6, 6.07) is 7.80. The van der Waals surface area contributed by atoms with Crippen molar-refractivity contribution in [3.05, 3.63) is 64.5 Å². The van der Waals surface area contributed by atoms with E-state index in [0.29, 0.717) is 30.7 Å². The lowest BCUT2D eigenvalue weighted by atomic mass is 9.94. The molecule has 7 nitrogen and oxygen atoms in total. The number of benzene rings is 2. The molecular formula is C25H29FN2O5. The summed E-state index contributed by atoms with van der Waals surface area (Å²) in [6.45, 7) is 4.64. The number of nitrogens with zero attached hydrogens (tertiary/aromatic N) is 2. The van der Waals surface area contributed by atoms with Crippen molar-refractivity contribution < 1.29 is 28.9 Å². The van der Waals surface area contributed by atoms with E-state index in [-0.39, 0.29) is 29.2 Å². The van der Waals surface area contributed by atoms with Gasteiger partial charge in [-0.2, -0.15) is 0 Å². The van der Waals surface area contributed by atoms with Crippen molar-refractivity contribution in [1.82, 2.24) is 9.80 Å². The number of aliphatic hydroxyl groups excluding tert-OH is 1. The Morgan fingerprint density at radius 1 is 1.18 bits per heavy atom. The Bertz CT molecular complexity index is 1100. The quantitative estimate of drug-likeness (QED) is 0.358. The summed E-state index contributed by atoms with van der Waals surface area (Å²) >= 11 is 0. The first-order valence-corrected chi connectivity index (χ1v) is 10.8. The van der Waals surface area contributed by atoms with Crippen LogP contribution in [0.3, 0.4) is 0 Å². The standard InChI is InChI=1S/C25H29FN2O5/c1-5-33-20-14-16(9-10-19(20)29)22-21(23(30)17-8-7-15(2)18(26)13-17)24(31)25(32)28(22)12-6-11-27(3)4/h7-10,13-14,22,29-30H,5-6,11-12H2,1-4H3/b23-21+. The van der Waals surface area contributed by atoms with Crippen LogP contribution in [0.15, 0.2) is 42.0 Å². The number of aromatic hydroxyl groups is 1. The fourth-order valence-corrected chi connectivity index (χ4v) is 3.88. The fraction of sp³-hybridized carbons (Fsp3) is 0.360. The number of halogens is 1. The van der Waals surface area contributed by atoms with Crippen molar-refractivity contribution >= 4 is 17.4 Å². The fourth-order valence-electron chi connectivity index (χ4n) is 3.88. The summed E-state index contributed by atoms with van der Waals surface area (Å²) in [5.41, 5.74) is 0.876. The monoisotopic (exact) mass is 456 g/mol. The molecule has 2 N–H and O–H groups in total. The molecule has 1 aliphatic rings. The summed E-state index contributed by atoms with van der Waals surface area (Å²) in [5, 5.41) is 21.1. The zero-order chi connectivity index (χ0) is 24.3. The number of rotatable bonds is 8. The summed E-state index contributed by atoms with van der Waals surface area (Å²) in [5.74, 6) is -2.42. The maximum atomic E-state index is 14.2. The summed E-state index contributed by atoms with van der Waals surface area (Å²) in [4.78, 5) is 29.4. The summed E-state index contributed by atoms with van der Waals surface area (Å²) in [7, 11) is 3.82. The van der Waals surface area contributed by atoms with Crippen LogP contribution in [0.5, 0.6) is 11.5 Å². The first-order valence-electron chi connectivity index (χ1n) is 10.8. The van der Waals surface area contributed by atoms with Crippen molar-refractivity contribution in [2.75, 3.05) is 33.8 Å². The molecule has 0 bridgehead atoms. The minimum absolute atomic E-state index is 0.0780. The molecule has 0 spiro atoms. The second-order valence-corrected chi connectivity index (χ2v) is 8.27. The number of ketones is 1. The number of hydrogen-bond acceptors (Lipinski definition) is 6. The average Bonchev–Trinajstić information content (AvgIpc) is 3.01. The molecule has 1 heterocycles. The SMILES string of the molecule is CCOc1cc(C2/C(=C(\O)c3ccc(C)c(F)c3)C(=O)C(=O)N2CCCN(C)C)ccc1O. The van der Waals surface area contributed by atoms with Crippen LogP contribution < -0.4 is 4.74 Å². The molecular weight excluding hydrogens is 427 g/mol. The summed E-state index contributed by atoms with van der Waals surface area (Å²) in [6.07, 6.45) is 0.603. The van der Waals surface area contributed by atoms with E-state index in [2.05, 4.69) is 0 Å². The zero-order valence-corrected chi connectivity index (χ0v) is 19.3. The smallest absolute Gasteiger partial charge is 0.295 e. The van der Waals surface area contributed by atoms with Crippen molar-refractivity contribution in [2.45, 2.75) is 26.3 Å². The molecule has 2 aromatic rings. The van der Waals surface area contributed by atoms with Gasteiger partial charge in [-0.1, -0.05) is 18.2 Å². The van der Waals surface area contributed by atoms with Crippen molar-refractivity contribution in [2.24, 2.45) is 0 Å². The second-order valence-electron chi connectivity index (χ2n) is 8.27. The molecule has 1 atom stereocenters. The lowest BCUT2D eigenvalue weighted by molar-refractivity contribution is -0.139. The maximum absolute atomic E-state index is 14.2. The van der Waals surface area contributed by atoms with Crippen LogP contribution >= 0.6 is 0 Å². The third-order valence-electron chi connectivity index (χ3n) is 5.59. The number of ether oxygens (including phenoxy) is 1. The molecule has 0 aromatic heterocycles. The number of carbonyl (C=O) groups excluding carboxylic acids is 2. The van der Waals surface area contributed by atoms with Gasteiger partial charge in [-0.25, -0.2) is 4.39 Å². The Morgan fingerprint density at radius 2 is 1.91 bits per heavy atom. The highest BCUT2D eigenvalue weighted by molar-refractivity contribution is 6.46. The number of likely N-dealkylation sites (tertiary alicyclic amines) is 1. The molecule has 3 rings (SSSR count). The van der Waals surface area contributed by atoms with Crippen LogP contribution in [-0.4, -0.2) is 65.5 Å². The maximum Gasteiger partial charge on any atom is 0.295 e.